The predicted octanol–water partition coefficient (Wildman–Crippen LogP) is 5.52. The normalized spacial score (nSPS) is 44.8. The van der Waals surface area contributed by atoms with Crippen LogP contribution < -0.4 is 0 Å². The summed E-state index contributed by atoms with van der Waals surface area (Å²) in [5.41, 5.74) is 0. The van der Waals surface area contributed by atoms with Gasteiger partial charge in [-0.1, -0.05) is 47.5 Å². The second-order valence-corrected chi connectivity index (χ2v) is 6.55. The average Bonchev–Trinajstić information content (AvgIpc) is 2.23. The van der Waals surface area contributed by atoms with Crippen LogP contribution in [-0.4, -0.2) is 0 Å². The van der Waals surface area contributed by atoms with Crippen molar-refractivity contribution >= 4 is 0 Å². The first-order valence-corrected chi connectivity index (χ1v) is 7.16. The van der Waals surface area contributed by atoms with E-state index in [9.17, 15) is 0 Å². The first-order valence-electron chi connectivity index (χ1n) is 7.16. The van der Waals surface area contributed by atoms with Gasteiger partial charge >= 0.3 is 0 Å². The molecule has 0 heteroatoms. The molecule has 0 amide bonds. The van der Waals surface area contributed by atoms with Gasteiger partial charge in [-0.05, 0) is 55.3 Å². The summed E-state index contributed by atoms with van der Waals surface area (Å²) >= 11 is 0. The highest BCUT2D eigenvalue weighted by atomic mass is 14.4. The number of hydrogen-bond acceptors (Lipinski definition) is 0. The molecule has 2 aliphatic rings. The molecule has 0 aliphatic heterocycles. The van der Waals surface area contributed by atoms with Crippen molar-refractivity contribution in [2.45, 2.75) is 73.1 Å². The Morgan fingerprint density at radius 2 is 1.19 bits per heavy atom. The van der Waals surface area contributed by atoms with Gasteiger partial charge in [0.25, 0.3) is 0 Å². The maximum atomic E-state index is 2.47. The highest BCUT2D eigenvalue weighted by Crippen LogP contribution is 2.43. The zero-order chi connectivity index (χ0) is 10.8. The summed E-state index contributed by atoms with van der Waals surface area (Å²) in [4.78, 5) is 0. The summed E-state index contributed by atoms with van der Waals surface area (Å²) in [6.07, 6.45) is 10.6. The molecule has 0 aromatic heterocycles. The van der Waals surface area contributed by atoms with Gasteiger partial charge in [-0.2, -0.15) is 0 Å². The van der Waals surface area contributed by atoms with Crippen molar-refractivity contribution in [1.29, 1.82) is 0 Å². The molecule has 0 aromatic rings. The molecule has 0 bridgehead atoms. The van der Waals surface area contributed by atoms with Crippen molar-refractivity contribution in [3.05, 3.63) is 0 Å². The van der Waals surface area contributed by atoms with Crippen LogP contribution in [0.2, 0.25) is 0 Å². The summed E-state index contributed by atoms with van der Waals surface area (Å²) in [6.45, 7) is 7.36. The van der Waals surface area contributed by atoms with E-state index in [-0.39, 0.29) is 7.43 Å². The third-order valence-corrected chi connectivity index (χ3v) is 5.37. The fraction of sp³-hybridized carbons (Fsp3) is 1.00. The van der Waals surface area contributed by atoms with Crippen molar-refractivity contribution < 1.29 is 0 Å². The molecule has 3 atom stereocenters. The minimum Gasteiger partial charge on any atom is -0.0776 e. The Bertz CT molecular complexity index is 188. The van der Waals surface area contributed by atoms with E-state index < -0.39 is 0 Å². The molecule has 0 aromatic carbocycles. The second kappa shape index (κ2) is 6.07. The van der Waals surface area contributed by atoms with Crippen molar-refractivity contribution in [2.24, 2.45) is 29.6 Å². The molecule has 96 valence electrons. The fourth-order valence-corrected chi connectivity index (χ4v) is 3.77. The van der Waals surface area contributed by atoms with Gasteiger partial charge < -0.3 is 0 Å². The van der Waals surface area contributed by atoms with Crippen LogP contribution in [0.3, 0.4) is 0 Å². The average molecular weight is 224 g/mol. The molecule has 2 fully saturated rings. The Balaban J connectivity index is 0.00000128. The van der Waals surface area contributed by atoms with Crippen molar-refractivity contribution in [3.8, 4) is 0 Å². The highest BCUT2D eigenvalue weighted by Gasteiger charge is 2.31. The predicted molar refractivity (Wildman–Crippen MR) is 73.5 cm³/mol. The van der Waals surface area contributed by atoms with Crippen LogP contribution >= 0.6 is 0 Å². The Labute approximate surface area is 103 Å². The summed E-state index contributed by atoms with van der Waals surface area (Å²) in [5, 5.41) is 0. The Morgan fingerprint density at radius 3 is 1.75 bits per heavy atom. The van der Waals surface area contributed by atoms with Crippen molar-refractivity contribution in [2.75, 3.05) is 0 Å². The highest BCUT2D eigenvalue weighted by molar-refractivity contribution is 4.82. The monoisotopic (exact) mass is 224 g/mol. The Kier molecular flexibility index (Phi) is 5.34. The van der Waals surface area contributed by atoms with Gasteiger partial charge in [0.2, 0.25) is 0 Å². The van der Waals surface area contributed by atoms with Gasteiger partial charge in [0.15, 0.2) is 0 Å². The summed E-state index contributed by atoms with van der Waals surface area (Å²) in [6, 6.07) is 0. The Hall–Kier alpha value is 0. The molecule has 16 heavy (non-hydrogen) atoms. The van der Waals surface area contributed by atoms with Gasteiger partial charge in [-0.25, -0.2) is 0 Å². The van der Waals surface area contributed by atoms with E-state index >= 15 is 0 Å². The minimum atomic E-state index is 0. The lowest BCUT2D eigenvalue weighted by molar-refractivity contribution is 0.120. The molecule has 0 radical (unpaired) electrons. The van der Waals surface area contributed by atoms with Crippen molar-refractivity contribution in [1.82, 2.24) is 0 Å². The van der Waals surface area contributed by atoms with E-state index in [1.807, 2.05) is 0 Å². The third kappa shape index (κ3) is 3.25. The first kappa shape index (κ1) is 14.1. The second-order valence-electron chi connectivity index (χ2n) is 6.55. The summed E-state index contributed by atoms with van der Waals surface area (Å²) < 4.78 is 0. The molecular formula is C16H32. The Morgan fingerprint density at radius 1 is 0.625 bits per heavy atom. The molecule has 2 aliphatic carbocycles. The molecule has 0 heterocycles. The summed E-state index contributed by atoms with van der Waals surface area (Å²) in [7, 11) is 0. The van der Waals surface area contributed by atoms with E-state index in [2.05, 4.69) is 20.8 Å². The van der Waals surface area contributed by atoms with Crippen LogP contribution in [0, 0.1) is 29.6 Å². The summed E-state index contributed by atoms with van der Waals surface area (Å²) in [5.74, 6) is 5.17. The van der Waals surface area contributed by atoms with E-state index in [1.165, 1.54) is 44.9 Å². The largest absolute Gasteiger partial charge is 0.0776 e. The van der Waals surface area contributed by atoms with Gasteiger partial charge in [-0.15, -0.1) is 0 Å². The minimum absolute atomic E-state index is 0. The molecule has 0 spiro atoms. The third-order valence-electron chi connectivity index (χ3n) is 5.37. The van der Waals surface area contributed by atoms with Crippen LogP contribution in [0.15, 0.2) is 0 Å². The number of hydrogen-bond donors (Lipinski definition) is 0. The maximum absolute atomic E-state index is 2.47. The van der Waals surface area contributed by atoms with Gasteiger partial charge in [0.1, 0.15) is 0 Å². The molecule has 2 rings (SSSR count). The van der Waals surface area contributed by atoms with Gasteiger partial charge in [0, 0.05) is 0 Å². The first-order chi connectivity index (χ1) is 7.16. The van der Waals surface area contributed by atoms with Crippen molar-refractivity contribution in [3.63, 3.8) is 0 Å². The topological polar surface area (TPSA) is 0 Å². The maximum Gasteiger partial charge on any atom is -0.0383 e. The van der Waals surface area contributed by atoms with Crippen LogP contribution in [-0.2, 0) is 0 Å². The van der Waals surface area contributed by atoms with E-state index in [4.69, 9.17) is 0 Å². The van der Waals surface area contributed by atoms with Crippen LogP contribution in [0.1, 0.15) is 73.1 Å². The molecule has 0 saturated heterocycles. The van der Waals surface area contributed by atoms with E-state index in [1.54, 1.807) is 0 Å². The zero-order valence-corrected chi connectivity index (χ0v) is 10.8. The van der Waals surface area contributed by atoms with Crippen LogP contribution in [0.25, 0.3) is 0 Å². The molecule has 2 saturated carbocycles. The van der Waals surface area contributed by atoms with Crippen LogP contribution in [0.5, 0.6) is 0 Å². The van der Waals surface area contributed by atoms with Gasteiger partial charge in [-0.3, -0.25) is 0 Å². The molecule has 0 nitrogen and oxygen atoms in total. The number of rotatable bonds is 1. The quantitative estimate of drug-likeness (QED) is 0.550. The van der Waals surface area contributed by atoms with Crippen LogP contribution in [0.4, 0.5) is 0 Å². The lowest BCUT2D eigenvalue weighted by atomic mass is 9.67. The lowest BCUT2D eigenvalue weighted by Gasteiger charge is -2.39. The molecular weight excluding hydrogens is 192 g/mol. The molecule has 3 unspecified atom stereocenters. The zero-order valence-electron chi connectivity index (χ0n) is 10.8. The standard InChI is InChI=1S/C15H28.CH4/c1-11-4-7-14(8-5-11)15-9-6-12(2)13(3)10-15;/h11-15H,4-10H2,1-3H3;1H4. The molecule has 0 N–H and O–H groups in total. The van der Waals surface area contributed by atoms with E-state index in [0.29, 0.717) is 0 Å². The SMILES string of the molecule is C.CC1CCC(C2CCC(C)C(C)C2)CC1. The fourth-order valence-electron chi connectivity index (χ4n) is 3.77. The van der Waals surface area contributed by atoms with E-state index in [0.717, 1.165) is 29.6 Å². The smallest absolute Gasteiger partial charge is 0.0383 e. The van der Waals surface area contributed by atoms with Gasteiger partial charge in [0.05, 0.1) is 0 Å². The lowest BCUT2D eigenvalue weighted by Crippen LogP contribution is -2.28.